The molecule has 1 heterocycles. The van der Waals surface area contributed by atoms with E-state index >= 15 is 0 Å². The molecule has 1 aromatic heterocycles. The van der Waals surface area contributed by atoms with Crippen LogP contribution < -0.4 is 14.8 Å². The highest BCUT2D eigenvalue weighted by Crippen LogP contribution is 2.34. The van der Waals surface area contributed by atoms with E-state index in [0.717, 1.165) is 34.8 Å². The Morgan fingerprint density at radius 2 is 1.73 bits per heavy atom. The molecule has 0 saturated carbocycles. The summed E-state index contributed by atoms with van der Waals surface area (Å²) in [7, 11) is 0. The van der Waals surface area contributed by atoms with Crippen LogP contribution >= 0.6 is 15.9 Å². The molecule has 3 aromatic carbocycles. The topological polar surface area (TPSA) is 104 Å². The normalized spacial score (nSPS) is 11.1. The third kappa shape index (κ3) is 6.88. The highest BCUT2D eigenvalue weighted by Gasteiger charge is 2.30. The lowest BCUT2D eigenvalue weighted by atomic mass is 10.2. The standard InChI is InChI=1S/C25H16BrF3N2O6/c26-16-4-6-19(7-5-16)35-14-21-8-9-23(37-21)24(32)30-17-11-18(31(33)34)13-22(12-17)36-20-3-1-2-15(10-20)25(27,28)29/h1-13H,14H2,(H,30,32). The second kappa shape index (κ2) is 10.7. The molecule has 4 aromatic rings. The molecule has 12 heteroatoms. The number of carbonyl (C=O) groups is 1. The van der Waals surface area contributed by atoms with Crippen molar-refractivity contribution in [1.82, 2.24) is 0 Å². The maximum Gasteiger partial charge on any atom is 0.416 e. The van der Waals surface area contributed by atoms with Crippen LogP contribution in [0, 0.1) is 10.1 Å². The van der Waals surface area contributed by atoms with Crippen molar-refractivity contribution >= 4 is 33.2 Å². The number of amides is 1. The Morgan fingerprint density at radius 1 is 0.973 bits per heavy atom. The van der Waals surface area contributed by atoms with Crippen LogP contribution in [0.1, 0.15) is 21.9 Å². The third-order valence-corrected chi connectivity index (χ3v) is 5.37. The van der Waals surface area contributed by atoms with Crippen LogP contribution in [0.4, 0.5) is 24.5 Å². The van der Waals surface area contributed by atoms with Gasteiger partial charge in [-0.05, 0) is 54.6 Å². The Morgan fingerprint density at radius 3 is 2.43 bits per heavy atom. The number of furan rings is 1. The van der Waals surface area contributed by atoms with E-state index in [0.29, 0.717) is 11.5 Å². The number of alkyl halides is 3. The number of nitro groups is 1. The molecule has 37 heavy (non-hydrogen) atoms. The second-order valence-corrected chi connectivity index (χ2v) is 8.48. The monoisotopic (exact) mass is 576 g/mol. The van der Waals surface area contributed by atoms with Gasteiger partial charge in [-0.3, -0.25) is 14.9 Å². The molecule has 1 N–H and O–H groups in total. The molecule has 0 radical (unpaired) electrons. The lowest BCUT2D eigenvalue weighted by Gasteiger charge is -2.11. The number of anilines is 1. The van der Waals surface area contributed by atoms with Gasteiger partial charge in [-0.1, -0.05) is 22.0 Å². The number of non-ortho nitro benzene ring substituents is 1. The summed E-state index contributed by atoms with van der Waals surface area (Å²) in [5, 5.41) is 13.8. The number of benzene rings is 3. The second-order valence-electron chi connectivity index (χ2n) is 7.56. The van der Waals surface area contributed by atoms with Crippen molar-refractivity contribution in [3.8, 4) is 17.2 Å². The van der Waals surface area contributed by atoms with Gasteiger partial charge in [-0.25, -0.2) is 0 Å². The summed E-state index contributed by atoms with van der Waals surface area (Å²) >= 11 is 3.33. The molecule has 0 saturated heterocycles. The fourth-order valence-corrected chi connectivity index (χ4v) is 3.41. The van der Waals surface area contributed by atoms with Gasteiger partial charge in [0, 0.05) is 16.6 Å². The lowest BCUT2D eigenvalue weighted by Crippen LogP contribution is -2.11. The Kier molecular flexibility index (Phi) is 7.48. The SMILES string of the molecule is O=C(Nc1cc(Oc2cccc(C(F)(F)F)c2)cc([N+](=O)[O-])c1)c1ccc(COc2ccc(Br)cc2)o1. The minimum absolute atomic E-state index is 0.0229. The summed E-state index contributed by atoms with van der Waals surface area (Å²) in [4.78, 5) is 23.3. The molecule has 0 aliphatic rings. The van der Waals surface area contributed by atoms with Gasteiger partial charge in [0.15, 0.2) is 5.76 Å². The fraction of sp³-hybridized carbons (Fsp3) is 0.0800. The number of nitro benzene ring substituents is 1. The molecule has 8 nitrogen and oxygen atoms in total. The third-order valence-electron chi connectivity index (χ3n) is 4.84. The molecule has 0 atom stereocenters. The average molecular weight is 577 g/mol. The highest BCUT2D eigenvalue weighted by molar-refractivity contribution is 9.10. The number of rotatable bonds is 8. The first-order chi connectivity index (χ1) is 17.6. The van der Waals surface area contributed by atoms with Crippen molar-refractivity contribution < 1.29 is 36.8 Å². The summed E-state index contributed by atoms with van der Waals surface area (Å²) in [6.45, 7) is 0.0562. The van der Waals surface area contributed by atoms with Crippen LogP contribution in [0.3, 0.4) is 0 Å². The number of hydrogen-bond acceptors (Lipinski definition) is 6. The largest absolute Gasteiger partial charge is 0.486 e. The van der Waals surface area contributed by atoms with Gasteiger partial charge in [0.1, 0.15) is 29.6 Å². The Hall–Kier alpha value is -4.32. The Balaban J connectivity index is 1.47. The van der Waals surface area contributed by atoms with Gasteiger partial charge in [0.25, 0.3) is 11.6 Å². The van der Waals surface area contributed by atoms with Crippen LogP contribution in [0.25, 0.3) is 0 Å². The number of halogens is 4. The Labute approximate surface area is 215 Å². The Bertz CT molecular complexity index is 1440. The molecule has 190 valence electrons. The van der Waals surface area contributed by atoms with Crippen molar-refractivity contribution in [3.05, 3.63) is 111 Å². The van der Waals surface area contributed by atoms with Gasteiger partial charge in [0.2, 0.25) is 0 Å². The minimum Gasteiger partial charge on any atom is -0.486 e. The first-order valence-electron chi connectivity index (χ1n) is 10.5. The van der Waals surface area contributed by atoms with Crippen LogP contribution in [-0.4, -0.2) is 10.8 Å². The molecular formula is C25H16BrF3N2O6. The quantitative estimate of drug-likeness (QED) is 0.171. The predicted molar refractivity (Wildman–Crippen MR) is 130 cm³/mol. The van der Waals surface area contributed by atoms with Gasteiger partial charge in [-0.2, -0.15) is 13.2 Å². The average Bonchev–Trinajstić information content (AvgIpc) is 3.32. The maximum atomic E-state index is 13.0. The van der Waals surface area contributed by atoms with Gasteiger partial charge in [-0.15, -0.1) is 0 Å². The predicted octanol–water partition coefficient (Wildman–Crippen LogP) is 7.59. The van der Waals surface area contributed by atoms with Crippen LogP contribution in [0.5, 0.6) is 17.2 Å². The summed E-state index contributed by atoms with van der Waals surface area (Å²) < 4.78 is 56.4. The van der Waals surface area contributed by atoms with E-state index in [1.165, 1.54) is 18.2 Å². The number of nitrogens with one attached hydrogen (secondary N) is 1. The van der Waals surface area contributed by atoms with Gasteiger partial charge < -0.3 is 19.2 Å². The van der Waals surface area contributed by atoms with E-state index in [2.05, 4.69) is 21.2 Å². The minimum atomic E-state index is -4.59. The summed E-state index contributed by atoms with van der Waals surface area (Å²) in [5.74, 6) is -0.168. The molecule has 0 unspecified atom stereocenters. The van der Waals surface area contributed by atoms with Crippen molar-refractivity contribution in [1.29, 1.82) is 0 Å². The van der Waals surface area contributed by atoms with Crippen LogP contribution in [0.15, 0.2) is 87.8 Å². The van der Waals surface area contributed by atoms with E-state index in [4.69, 9.17) is 13.9 Å². The van der Waals surface area contributed by atoms with E-state index in [1.54, 1.807) is 30.3 Å². The van der Waals surface area contributed by atoms with Gasteiger partial charge in [0.05, 0.1) is 22.2 Å². The zero-order valence-corrected chi connectivity index (χ0v) is 20.2. The molecule has 4 rings (SSSR count). The van der Waals surface area contributed by atoms with Crippen molar-refractivity contribution in [2.75, 3.05) is 5.32 Å². The number of carbonyl (C=O) groups excluding carboxylic acids is 1. The molecule has 0 aliphatic carbocycles. The first kappa shape index (κ1) is 25.8. The molecule has 0 spiro atoms. The smallest absolute Gasteiger partial charge is 0.416 e. The maximum absolute atomic E-state index is 13.0. The lowest BCUT2D eigenvalue weighted by molar-refractivity contribution is -0.384. The molecule has 0 bridgehead atoms. The summed E-state index contributed by atoms with van der Waals surface area (Å²) in [6.07, 6.45) is -4.59. The fourth-order valence-electron chi connectivity index (χ4n) is 3.15. The molecule has 1 amide bonds. The van der Waals surface area contributed by atoms with Crippen molar-refractivity contribution in [2.24, 2.45) is 0 Å². The highest BCUT2D eigenvalue weighted by atomic mass is 79.9. The molecule has 0 aliphatic heterocycles. The zero-order chi connectivity index (χ0) is 26.6. The summed E-state index contributed by atoms with van der Waals surface area (Å²) in [6, 6.07) is 17.5. The van der Waals surface area contributed by atoms with Gasteiger partial charge >= 0.3 is 6.18 Å². The summed E-state index contributed by atoms with van der Waals surface area (Å²) in [5.41, 5.74) is -1.41. The number of ether oxygens (including phenoxy) is 2. The van der Waals surface area contributed by atoms with Crippen molar-refractivity contribution in [3.63, 3.8) is 0 Å². The van der Waals surface area contributed by atoms with E-state index in [-0.39, 0.29) is 29.6 Å². The molecule has 0 fully saturated rings. The molecular weight excluding hydrogens is 561 g/mol. The van der Waals surface area contributed by atoms with E-state index < -0.39 is 28.3 Å². The first-order valence-corrected chi connectivity index (χ1v) is 11.3. The zero-order valence-electron chi connectivity index (χ0n) is 18.6. The van der Waals surface area contributed by atoms with E-state index in [1.807, 2.05) is 0 Å². The van der Waals surface area contributed by atoms with Crippen LogP contribution in [0.2, 0.25) is 0 Å². The number of nitrogens with zero attached hydrogens (tertiary/aromatic N) is 1. The number of hydrogen-bond donors (Lipinski definition) is 1. The van der Waals surface area contributed by atoms with Crippen molar-refractivity contribution in [2.45, 2.75) is 12.8 Å². The van der Waals surface area contributed by atoms with E-state index in [9.17, 15) is 28.1 Å². The van der Waals surface area contributed by atoms with Crippen LogP contribution in [-0.2, 0) is 12.8 Å².